The van der Waals surface area contributed by atoms with E-state index in [-0.39, 0.29) is 0 Å². The van der Waals surface area contributed by atoms with Gasteiger partial charge in [0.25, 0.3) is 0 Å². The molecule has 102 valence electrons. The van der Waals surface area contributed by atoms with Crippen molar-refractivity contribution in [1.82, 2.24) is 14.8 Å². The SMILES string of the molecule is CC(C)C1CCCC(O)(Cc2ncnn2C)CC1. The highest BCUT2D eigenvalue weighted by Crippen LogP contribution is 2.35. The Morgan fingerprint density at radius 2 is 2.22 bits per heavy atom. The Balaban J connectivity index is 2.01. The molecule has 1 aliphatic rings. The normalized spacial score (nSPS) is 29.5. The molecule has 0 radical (unpaired) electrons. The Labute approximate surface area is 109 Å². The van der Waals surface area contributed by atoms with Crippen LogP contribution in [0.25, 0.3) is 0 Å². The smallest absolute Gasteiger partial charge is 0.138 e. The second-order valence-electron chi connectivity index (χ2n) is 6.14. The van der Waals surface area contributed by atoms with Crippen LogP contribution in [0.5, 0.6) is 0 Å². The predicted octanol–water partition coefficient (Wildman–Crippen LogP) is 2.33. The van der Waals surface area contributed by atoms with Crippen molar-refractivity contribution < 1.29 is 5.11 Å². The fraction of sp³-hybridized carbons (Fsp3) is 0.857. The Morgan fingerprint density at radius 1 is 1.44 bits per heavy atom. The molecule has 1 N–H and O–H groups in total. The number of aryl methyl sites for hydroxylation is 1. The van der Waals surface area contributed by atoms with E-state index in [0.717, 1.165) is 43.3 Å². The third-order valence-electron chi connectivity index (χ3n) is 4.43. The quantitative estimate of drug-likeness (QED) is 0.839. The van der Waals surface area contributed by atoms with Gasteiger partial charge in [0.15, 0.2) is 0 Å². The molecule has 1 saturated carbocycles. The molecule has 18 heavy (non-hydrogen) atoms. The number of hydrogen-bond donors (Lipinski definition) is 1. The van der Waals surface area contributed by atoms with Gasteiger partial charge in [-0.25, -0.2) is 4.98 Å². The topological polar surface area (TPSA) is 50.9 Å². The molecule has 1 aromatic heterocycles. The molecule has 1 aromatic rings. The summed E-state index contributed by atoms with van der Waals surface area (Å²) in [6, 6.07) is 0. The number of hydrogen-bond acceptors (Lipinski definition) is 3. The molecule has 2 atom stereocenters. The first-order valence-corrected chi connectivity index (χ1v) is 7.05. The van der Waals surface area contributed by atoms with E-state index < -0.39 is 5.60 Å². The molecule has 0 spiro atoms. The van der Waals surface area contributed by atoms with E-state index in [9.17, 15) is 5.11 Å². The number of rotatable bonds is 3. The average molecular weight is 251 g/mol. The van der Waals surface area contributed by atoms with Gasteiger partial charge in [-0.15, -0.1) is 0 Å². The van der Waals surface area contributed by atoms with E-state index in [1.165, 1.54) is 6.42 Å². The van der Waals surface area contributed by atoms with Crippen LogP contribution in [0, 0.1) is 11.8 Å². The predicted molar refractivity (Wildman–Crippen MR) is 71.1 cm³/mol. The Morgan fingerprint density at radius 3 is 2.83 bits per heavy atom. The Hall–Kier alpha value is -0.900. The van der Waals surface area contributed by atoms with E-state index in [4.69, 9.17) is 0 Å². The largest absolute Gasteiger partial charge is 0.389 e. The van der Waals surface area contributed by atoms with Crippen molar-refractivity contribution in [1.29, 1.82) is 0 Å². The lowest BCUT2D eigenvalue weighted by Gasteiger charge is -2.26. The van der Waals surface area contributed by atoms with Gasteiger partial charge in [-0.3, -0.25) is 4.68 Å². The summed E-state index contributed by atoms with van der Waals surface area (Å²) in [7, 11) is 1.89. The van der Waals surface area contributed by atoms with Crippen molar-refractivity contribution in [2.45, 2.75) is 58.0 Å². The van der Waals surface area contributed by atoms with Crippen molar-refractivity contribution in [3.8, 4) is 0 Å². The molecule has 2 rings (SSSR count). The van der Waals surface area contributed by atoms with Crippen molar-refractivity contribution >= 4 is 0 Å². The second kappa shape index (κ2) is 5.39. The molecular formula is C14H25N3O. The monoisotopic (exact) mass is 251 g/mol. The molecule has 0 aromatic carbocycles. The van der Waals surface area contributed by atoms with Crippen LogP contribution in [0.2, 0.25) is 0 Å². The van der Waals surface area contributed by atoms with Crippen LogP contribution in [0.15, 0.2) is 6.33 Å². The zero-order chi connectivity index (χ0) is 13.2. The highest BCUT2D eigenvalue weighted by atomic mass is 16.3. The van der Waals surface area contributed by atoms with Gasteiger partial charge < -0.3 is 5.11 Å². The van der Waals surface area contributed by atoms with Crippen molar-refractivity contribution in [3.05, 3.63) is 12.2 Å². The molecular weight excluding hydrogens is 226 g/mol. The van der Waals surface area contributed by atoms with E-state index >= 15 is 0 Å². The van der Waals surface area contributed by atoms with Gasteiger partial charge in [0, 0.05) is 13.5 Å². The lowest BCUT2D eigenvalue weighted by Crippen LogP contribution is -2.32. The highest BCUT2D eigenvalue weighted by Gasteiger charge is 2.33. The zero-order valence-corrected chi connectivity index (χ0v) is 11.8. The first-order valence-electron chi connectivity index (χ1n) is 7.05. The third-order valence-corrected chi connectivity index (χ3v) is 4.43. The molecule has 1 heterocycles. The van der Waals surface area contributed by atoms with Crippen molar-refractivity contribution in [2.24, 2.45) is 18.9 Å². The third kappa shape index (κ3) is 3.10. The van der Waals surface area contributed by atoms with E-state index in [1.54, 1.807) is 11.0 Å². The lowest BCUT2D eigenvalue weighted by atomic mass is 9.87. The van der Waals surface area contributed by atoms with Gasteiger partial charge in [-0.05, 0) is 31.1 Å². The first-order chi connectivity index (χ1) is 8.50. The highest BCUT2D eigenvalue weighted by molar-refractivity contribution is 4.95. The van der Waals surface area contributed by atoms with Crippen LogP contribution < -0.4 is 0 Å². The number of aromatic nitrogens is 3. The van der Waals surface area contributed by atoms with Crippen LogP contribution >= 0.6 is 0 Å². The van der Waals surface area contributed by atoms with Crippen LogP contribution in [0.1, 0.15) is 51.8 Å². The van der Waals surface area contributed by atoms with E-state index in [2.05, 4.69) is 23.9 Å². The van der Waals surface area contributed by atoms with Gasteiger partial charge in [-0.1, -0.05) is 26.7 Å². The van der Waals surface area contributed by atoms with Gasteiger partial charge in [0.05, 0.1) is 5.60 Å². The molecule has 4 nitrogen and oxygen atoms in total. The Kier molecular flexibility index (Phi) is 4.05. The summed E-state index contributed by atoms with van der Waals surface area (Å²) in [5.74, 6) is 2.38. The molecule has 0 saturated heterocycles. The number of aliphatic hydroxyl groups is 1. The molecule has 1 fully saturated rings. The summed E-state index contributed by atoms with van der Waals surface area (Å²) in [4.78, 5) is 4.23. The van der Waals surface area contributed by atoms with Crippen LogP contribution in [-0.2, 0) is 13.5 Å². The summed E-state index contributed by atoms with van der Waals surface area (Å²) >= 11 is 0. The lowest BCUT2D eigenvalue weighted by molar-refractivity contribution is 0.0210. The summed E-state index contributed by atoms with van der Waals surface area (Å²) < 4.78 is 1.77. The number of nitrogens with zero attached hydrogens (tertiary/aromatic N) is 3. The zero-order valence-electron chi connectivity index (χ0n) is 11.8. The molecule has 0 amide bonds. The van der Waals surface area contributed by atoms with Gasteiger partial charge in [-0.2, -0.15) is 5.10 Å². The van der Waals surface area contributed by atoms with Gasteiger partial charge in [0.2, 0.25) is 0 Å². The minimum atomic E-state index is -0.579. The van der Waals surface area contributed by atoms with Gasteiger partial charge >= 0.3 is 0 Å². The molecule has 2 unspecified atom stereocenters. The summed E-state index contributed by atoms with van der Waals surface area (Å²) in [5.41, 5.74) is -0.579. The fourth-order valence-corrected chi connectivity index (χ4v) is 3.03. The summed E-state index contributed by atoms with van der Waals surface area (Å²) in [5, 5.41) is 14.8. The summed E-state index contributed by atoms with van der Waals surface area (Å²) in [6.07, 6.45) is 7.48. The van der Waals surface area contributed by atoms with Crippen molar-refractivity contribution in [3.63, 3.8) is 0 Å². The average Bonchev–Trinajstić information content (AvgIpc) is 2.59. The maximum absolute atomic E-state index is 10.8. The second-order valence-corrected chi connectivity index (χ2v) is 6.14. The van der Waals surface area contributed by atoms with Crippen molar-refractivity contribution in [2.75, 3.05) is 0 Å². The van der Waals surface area contributed by atoms with Crippen LogP contribution in [0.4, 0.5) is 0 Å². The maximum atomic E-state index is 10.8. The molecule has 0 aliphatic heterocycles. The molecule has 4 heteroatoms. The van der Waals surface area contributed by atoms with Crippen LogP contribution in [0.3, 0.4) is 0 Å². The molecule has 1 aliphatic carbocycles. The minimum absolute atomic E-state index is 0.579. The van der Waals surface area contributed by atoms with E-state index in [0.29, 0.717) is 6.42 Å². The van der Waals surface area contributed by atoms with Crippen LogP contribution in [-0.4, -0.2) is 25.5 Å². The standard InChI is InChI=1S/C14H25N3O/c1-11(2)12-5-4-7-14(18,8-6-12)9-13-15-10-16-17(13)3/h10-12,18H,4-9H2,1-3H3. The first kappa shape index (κ1) is 13.5. The Bertz CT molecular complexity index is 388. The fourth-order valence-electron chi connectivity index (χ4n) is 3.03. The summed E-state index contributed by atoms with van der Waals surface area (Å²) in [6.45, 7) is 4.58. The van der Waals surface area contributed by atoms with Gasteiger partial charge in [0.1, 0.15) is 12.2 Å². The maximum Gasteiger partial charge on any atom is 0.138 e. The minimum Gasteiger partial charge on any atom is -0.389 e. The van der Waals surface area contributed by atoms with E-state index in [1.807, 2.05) is 7.05 Å². The molecule has 0 bridgehead atoms.